The van der Waals surface area contributed by atoms with Crippen molar-refractivity contribution in [2.75, 3.05) is 16.8 Å². The van der Waals surface area contributed by atoms with Gasteiger partial charge in [0.2, 0.25) is 0 Å². The molecule has 2 N–H and O–H groups in total. The highest BCUT2D eigenvalue weighted by Gasteiger charge is 2.27. The van der Waals surface area contributed by atoms with Gasteiger partial charge in [0.1, 0.15) is 17.5 Å². The van der Waals surface area contributed by atoms with Crippen LogP contribution in [-0.2, 0) is 14.6 Å². The number of benzene rings is 1. The van der Waals surface area contributed by atoms with E-state index in [1.165, 1.54) is 30.5 Å². The average Bonchev–Trinajstić information content (AvgIpc) is 2.81. The predicted octanol–water partition coefficient (Wildman–Crippen LogP) is 0.948. The highest BCUT2D eigenvalue weighted by molar-refractivity contribution is 7.91. The third-order valence-corrected chi connectivity index (χ3v) is 4.93. The molecular weight excluding hydrogens is 309 g/mol. The van der Waals surface area contributed by atoms with E-state index in [9.17, 15) is 17.6 Å². The molecule has 1 aromatic carbocycles. The summed E-state index contributed by atoms with van der Waals surface area (Å²) >= 11 is 0. The van der Waals surface area contributed by atoms with Gasteiger partial charge in [0, 0.05) is 17.9 Å². The third-order valence-electron chi connectivity index (χ3n) is 3.16. The van der Waals surface area contributed by atoms with Gasteiger partial charge in [0.05, 0.1) is 11.5 Å². The van der Waals surface area contributed by atoms with Crippen LogP contribution in [0.15, 0.2) is 36.0 Å². The SMILES string of the molecule is N#C/C(=C/NC1CCS(=O)(=O)C1)C(=O)Nc1ccc(F)cc1. The highest BCUT2D eigenvalue weighted by atomic mass is 32.2. The van der Waals surface area contributed by atoms with Crippen LogP contribution < -0.4 is 10.6 Å². The van der Waals surface area contributed by atoms with Gasteiger partial charge in [0.25, 0.3) is 5.91 Å². The molecule has 1 aliphatic heterocycles. The van der Waals surface area contributed by atoms with Crippen LogP contribution in [0.25, 0.3) is 0 Å². The summed E-state index contributed by atoms with van der Waals surface area (Å²) in [6.45, 7) is 0. The maximum atomic E-state index is 12.8. The first-order valence-corrected chi connectivity index (χ1v) is 8.35. The minimum Gasteiger partial charge on any atom is -0.386 e. The van der Waals surface area contributed by atoms with Gasteiger partial charge in [-0.25, -0.2) is 12.8 Å². The molecule has 0 aromatic heterocycles. The predicted molar refractivity (Wildman–Crippen MR) is 78.9 cm³/mol. The maximum Gasteiger partial charge on any atom is 0.267 e. The Balaban J connectivity index is 1.98. The van der Waals surface area contributed by atoms with E-state index in [1.807, 2.05) is 0 Å². The van der Waals surface area contributed by atoms with Crippen molar-refractivity contribution in [2.24, 2.45) is 0 Å². The van der Waals surface area contributed by atoms with Crippen LogP contribution in [0, 0.1) is 17.1 Å². The number of nitrogens with zero attached hydrogens (tertiary/aromatic N) is 1. The number of carbonyl (C=O) groups excluding carboxylic acids is 1. The number of nitriles is 1. The Morgan fingerprint density at radius 2 is 2.05 bits per heavy atom. The number of nitrogens with one attached hydrogen (secondary N) is 2. The van der Waals surface area contributed by atoms with E-state index >= 15 is 0 Å². The number of carbonyl (C=O) groups is 1. The summed E-state index contributed by atoms with van der Waals surface area (Å²) in [6, 6.07) is 6.57. The number of rotatable bonds is 4. The number of amides is 1. The topological polar surface area (TPSA) is 99.1 Å². The molecule has 1 aromatic rings. The quantitative estimate of drug-likeness (QED) is 0.635. The molecule has 0 aliphatic carbocycles. The number of halogens is 1. The fourth-order valence-corrected chi connectivity index (χ4v) is 3.69. The molecule has 1 atom stereocenters. The summed E-state index contributed by atoms with van der Waals surface area (Å²) in [5.74, 6) is -0.995. The van der Waals surface area contributed by atoms with Crippen molar-refractivity contribution in [3.8, 4) is 6.07 Å². The zero-order chi connectivity index (χ0) is 16.2. The van der Waals surface area contributed by atoms with Crippen molar-refractivity contribution < 1.29 is 17.6 Å². The first-order valence-electron chi connectivity index (χ1n) is 6.53. The van der Waals surface area contributed by atoms with E-state index in [4.69, 9.17) is 5.26 Å². The first-order chi connectivity index (χ1) is 10.4. The van der Waals surface area contributed by atoms with Crippen LogP contribution in [0.3, 0.4) is 0 Å². The number of hydrogen-bond acceptors (Lipinski definition) is 5. The molecule has 1 heterocycles. The molecule has 0 spiro atoms. The average molecular weight is 323 g/mol. The normalized spacial score (nSPS) is 20.2. The monoisotopic (exact) mass is 323 g/mol. The molecule has 1 fully saturated rings. The smallest absolute Gasteiger partial charge is 0.267 e. The molecule has 0 bridgehead atoms. The van der Waals surface area contributed by atoms with E-state index in [0.29, 0.717) is 12.1 Å². The first kappa shape index (κ1) is 16.0. The summed E-state index contributed by atoms with van der Waals surface area (Å²) in [5, 5.41) is 14.2. The third kappa shape index (κ3) is 4.30. The molecule has 1 unspecified atom stereocenters. The summed E-state index contributed by atoms with van der Waals surface area (Å²) < 4.78 is 35.4. The molecule has 0 saturated carbocycles. The van der Waals surface area contributed by atoms with E-state index in [1.54, 1.807) is 6.07 Å². The standard InChI is InChI=1S/C14H14FN3O3S/c15-11-1-3-12(4-2-11)18-14(19)10(7-16)8-17-13-5-6-22(20,21)9-13/h1-4,8,13,17H,5-6,9H2,(H,18,19)/b10-8-. The van der Waals surface area contributed by atoms with Gasteiger partial charge >= 0.3 is 0 Å². The van der Waals surface area contributed by atoms with Crippen molar-refractivity contribution in [3.05, 3.63) is 41.9 Å². The lowest BCUT2D eigenvalue weighted by atomic mass is 10.2. The number of hydrogen-bond donors (Lipinski definition) is 2. The Bertz CT molecular complexity index is 736. The lowest BCUT2D eigenvalue weighted by Crippen LogP contribution is -2.27. The molecule has 0 radical (unpaired) electrons. The van der Waals surface area contributed by atoms with Crippen LogP contribution in [-0.4, -0.2) is 31.9 Å². The number of sulfone groups is 1. The molecule has 2 rings (SSSR count). The highest BCUT2D eigenvalue weighted by Crippen LogP contribution is 2.12. The van der Waals surface area contributed by atoms with Crippen LogP contribution >= 0.6 is 0 Å². The van der Waals surface area contributed by atoms with E-state index in [-0.39, 0.29) is 23.1 Å². The van der Waals surface area contributed by atoms with E-state index in [0.717, 1.165) is 0 Å². The number of anilines is 1. The lowest BCUT2D eigenvalue weighted by molar-refractivity contribution is -0.112. The molecular formula is C14H14FN3O3S. The Morgan fingerprint density at radius 1 is 1.36 bits per heavy atom. The zero-order valence-electron chi connectivity index (χ0n) is 11.5. The molecule has 1 amide bonds. The summed E-state index contributed by atoms with van der Waals surface area (Å²) in [6.07, 6.45) is 1.65. The van der Waals surface area contributed by atoms with E-state index < -0.39 is 21.6 Å². The van der Waals surface area contributed by atoms with Gasteiger partial charge in [-0.2, -0.15) is 5.26 Å². The lowest BCUT2D eigenvalue weighted by Gasteiger charge is -2.08. The van der Waals surface area contributed by atoms with Gasteiger partial charge in [-0.15, -0.1) is 0 Å². The second-order valence-corrected chi connectivity index (χ2v) is 7.13. The Morgan fingerprint density at radius 3 is 2.59 bits per heavy atom. The summed E-state index contributed by atoms with van der Waals surface area (Å²) in [5.41, 5.74) is 0.171. The zero-order valence-corrected chi connectivity index (χ0v) is 12.4. The summed E-state index contributed by atoms with van der Waals surface area (Å²) in [7, 11) is -3.03. The fourth-order valence-electron chi connectivity index (χ4n) is 2.01. The van der Waals surface area contributed by atoms with Gasteiger partial charge in [0.15, 0.2) is 9.84 Å². The van der Waals surface area contributed by atoms with Crippen LogP contribution in [0.5, 0.6) is 0 Å². The minimum atomic E-state index is -3.03. The molecule has 1 saturated heterocycles. The summed E-state index contributed by atoms with van der Waals surface area (Å²) in [4.78, 5) is 11.9. The van der Waals surface area contributed by atoms with Gasteiger partial charge in [-0.05, 0) is 30.7 Å². The second-order valence-electron chi connectivity index (χ2n) is 4.90. The Kier molecular flexibility index (Phi) is 4.78. The van der Waals surface area contributed by atoms with Gasteiger partial charge in [-0.3, -0.25) is 4.79 Å². The van der Waals surface area contributed by atoms with E-state index in [2.05, 4.69) is 10.6 Å². The van der Waals surface area contributed by atoms with Crippen LogP contribution in [0.4, 0.5) is 10.1 Å². The van der Waals surface area contributed by atoms with Crippen LogP contribution in [0.1, 0.15) is 6.42 Å². The molecule has 8 heteroatoms. The second kappa shape index (κ2) is 6.58. The van der Waals surface area contributed by atoms with Gasteiger partial charge in [-0.1, -0.05) is 0 Å². The van der Waals surface area contributed by atoms with Crippen molar-refractivity contribution in [2.45, 2.75) is 12.5 Å². The molecule has 1 aliphatic rings. The van der Waals surface area contributed by atoms with Crippen molar-refractivity contribution in [1.82, 2.24) is 5.32 Å². The van der Waals surface area contributed by atoms with Crippen molar-refractivity contribution in [3.63, 3.8) is 0 Å². The largest absolute Gasteiger partial charge is 0.386 e. The molecule has 22 heavy (non-hydrogen) atoms. The van der Waals surface area contributed by atoms with Crippen molar-refractivity contribution >= 4 is 21.4 Å². The van der Waals surface area contributed by atoms with Gasteiger partial charge < -0.3 is 10.6 Å². The minimum absolute atomic E-state index is 0.0121. The Hall–Kier alpha value is -2.40. The van der Waals surface area contributed by atoms with Crippen molar-refractivity contribution in [1.29, 1.82) is 5.26 Å². The molecule has 116 valence electrons. The van der Waals surface area contributed by atoms with Crippen LogP contribution in [0.2, 0.25) is 0 Å². The molecule has 6 nitrogen and oxygen atoms in total. The fraction of sp³-hybridized carbons (Fsp3) is 0.286. The maximum absolute atomic E-state index is 12.8. The Labute approximate surface area is 127 Å².